The summed E-state index contributed by atoms with van der Waals surface area (Å²) in [5.41, 5.74) is 0.854. The molecule has 0 aliphatic heterocycles. The van der Waals surface area contributed by atoms with Crippen LogP contribution in [0.1, 0.15) is 19.2 Å². The van der Waals surface area contributed by atoms with Crippen LogP contribution in [0.4, 0.5) is 0 Å². The second-order valence-corrected chi connectivity index (χ2v) is 4.76. The lowest BCUT2D eigenvalue weighted by Gasteiger charge is -2.07. The van der Waals surface area contributed by atoms with Crippen LogP contribution in [0.2, 0.25) is 0 Å². The lowest BCUT2D eigenvalue weighted by molar-refractivity contribution is -0.128. The smallest absolute Gasteiger partial charge is 0.227 e. The molecule has 112 valence electrons. The quantitative estimate of drug-likeness (QED) is 0.815. The number of ether oxygens (including phenoxy) is 1. The molecule has 0 N–H and O–H groups in total. The fraction of sp³-hybridized carbons (Fsp3) is 0.400. The van der Waals surface area contributed by atoms with Crippen LogP contribution in [0, 0.1) is 0 Å². The minimum Gasteiger partial charge on any atom is -0.494 e. The Hall–Kier alpha value is -2.37. The molecule has 2 aromatic rings. The first-order chi connectivity index (χ1) is 10.1. The third kappa shape index (κ3) is 4.05. The number of aromatic nitrogens is 2. The van der Waals surface area contributed by atoms with Crippen LogP contribution in [-0.4, -0.2) is 41.6 Å². The number of nitrogens with zero attached hydrogens (tertiary/aromatic N) is 3. The Balaban J connectivity index is 2.00. The van der Waals surface area contributed by atoms with Gasteiger partial charge in [-0.25, -0.2) is 0 Å². The summed E-state index contributed by atoms with van der Waals surface area (Å²) in [5.74, 6) is 1.83. The number of hydrogen-bond donors (Lipinski definition) is 0. The van der Waals surface area contributed by atoms with Crippen molar-refractivity contribution in [3.63, 3.8) is 0 Å². The van der Waals surface area contributed by atoms with Crippen molar-refractivity contribution in [1.29, 1.82) is 0 Å². The van der Waals surface area contributed by atoms with Gasteiger partial charge in [-0.05, 0) is 31.2 Å². The van der Waals surface area contributed by atoms with Crippen molar-refractivity contribution >= 4 is 5.91 Å². The van der Waals surface area contributed by atoms with Gasteiger partial charge in [0.15, 0.2) is 0 Å². The Bertz CT molecular complexity index is 590. The Labute approximate surface area is 123 Å². The minimum atomic E-state index is 0.0378. The number of amides is 1. The van der Waals surface area contributed by atoms with E-state index in [0.717, 1.165) is 11.3 Å². The molecular formula is C15H19N3O3. The average Bonchev–Trinajstić information content (AvgIpc) is 2.94. The van der Waals surface area contributed by atoms with Crippen molar-refractivity contribution in [3.8, 4) is 17.1 Å². The maximum Gasteiger partial charge on any atom is 0.227 e. The zero-order valence-electron chi connectivity index (χ0n) is 12.5. The van der Waals surface area contributed by atoms with Gasteiger partial charge in [0, 0.05) is 32.5 Å². The molecule has 0 radical (unpaired) electrons. The lowest BCUT2D eigenvalue weighted by atomic mass is 10.2. The third-order valence-electron chi connectivity index (χ3n) is 2.94. The molecule has 1 aromatic carbocycles. The molecule has 0 aliphatic carbocycles. The summed E-state index contributed by atoms with van der Waals surface area (Å²) >= 11 is 0. The number of aryl methyl sites for hydroxylation is 1. The van der Waals surface area contributed by atoms with Crippen molar-refractivity contribution in [2.75, 3.05) is 20.7 Å². The van der Waals surface area contributed by atoms with E-state index in [1.807, 2.05) is 31.2 Å². The normalized spacial score (nSPS) is 10.4. The average molecular weight is 289 g/mol. The van der Waals surface area contributed by atoms with Crippen LogP contribution < -0.4 is 4.74 Å². The molecule has 0 atom stereocenters. The first-order valence-electron chi connectivity index (χ1n) is 6.86. The summed E-state index contributed by atoms with van der Waals surface area (Å²) in [7, 11) is 3.45. The molecule has 6 nitrogen and oxygen atoms in total. The van der Waals surface area contributed by atoms with E-state index < -0.39 is 0 Å². The van der Waals surface area contributed by atoms with Crippen molar-refractivity contribution in [2.45, 2.75) is 19.8 Å². The number of rotatable bonds is 6. The van der Waals surface area contributed by atoms with Gasteiger partial charge >= 0.3 is 0 Å². The first kappa shape index (κ1) is 15.0. The first-order valence-corrected chi connectivity index (χ1v) is 6.86. The van der Waals surface area contributed by atoms with Crippen molar-refractivity contribution in [2.24, 2.45) is 0 Å². The van der Waals surface area contributed by atoms with E-state index in [-0.39, 0.29) is 5.91 Å². The molecule has 0 saturated heterocycles. The van der Waals surface area contributed by atoms with Gasteiger partial charge in [0.25, 0.3) is 0 Å². The maximum atomic E-state index is 11.5. The van der Waals surface area contributed by atoms with E-state index in [1.165, 1.54) is 0 Å². The fourth-order valence-electron chi connectivity index (χ4n) is 1.78. The zero-order valence-corrected chi connectivity index (χ0v) is 12.5. The lowest BCUT2D eigenvalue weighted by Crippen LogP contribution is -2.21. The molecule has 21 heavy (non-hydrogen) atoms. The van der Waals surface area contributed by atoms with Crippen molar-refractivity contribution in [1.82, 2.24) is 15.0 Å². The highest BCUT2D eigenvalue weighted by Crippen LogP contribution is 2.20. The van der Waals surface area contributed by atoms with Gasteiger partial charge in [-0.3, -0.25) is 4.79 Å². The van der Waals surface area contributed by atoms with E-state index in [4.69, 9.17) is 9.26 Å². The standard InChI is InChI=1S/C15H19N3O3/c1-4-20-12-7-5-11(6-8-12)15-16-13(21-17-15)9-10-14(19)18(2)3/h5-8H,4,9-10H2,1-3H3. The second-order valence-electron chi connectivity index (χ2n) is 4.76. The molecule has 1 heterocycles. The largest absolute Gasteiger partial charge is 0.494 e. The molecule has 0 saturated carbocycles. The second kappa shape index (κ2) is 6.88. The molecule has 1 aromatic heterocycles. The monoisotopic (exact) mass is 289 g/mol. The van der Waals surface area contributed by atoms with E-state index in [1.54, 1.807) is 19.0 Å². The summed E-state index contributed by atoms with van der Waals surface area (Å²) < 4.78 is 10.5. The van der Waals surface area contributed by atoms with Gasteiger partial charge in [-0.2, -0.15) is 4.98 Å². The Morgan fingerprint density at radius 3 is 2.62 bits per heavy atom. The number of carbonyl (C=O) groups excluding carboxylic acids is 1. The summed E-state index contributed by atoms with van der Waals surface area (Å²) in [5, 5.41) is 3.93. The molecule has 6 heteroatoms. The highest BCUT2D eigenvalue weighted by Gasteiger charge is 2.11. The van der Waals surface area contributed by atoms with Gasteiger partial charge in [0.2, 0.25) is 17.6 Å². The van der Waals surface area contributed by atoms with Crippen LogP contribution >= 0.6 is 0 Å². The highest BCUT2D eigenvalue weighted by molar-refractivity contribution is 5.75. The maximum absolute atomic E-state index is 11.5. The number of carbonyl (C=O) groups is 1. The number of hydrogen-bond acceptors (Lipinski definition) is 5. The molecule has 0 unspecified atom stereocenters. The van der Waals surface area contributed by atoms with Crippen molar-refractivity contribution in [3.05, 3.63) is 30.2 Å². The van der Waals surface area contributed by atoms with Crippen LogP contribution in [0.5, 0.6) is 5.75 Å². The van der Waals surface area contributed by atoms with E-state index in [2.05, 4.69) is 10.1 Å². The molecule has 0 spiro atoms. The van der Waals surface area contributed by atoms with E-state index in [0.29, 0.717) is 31.2 Å². The molecule has 0 bridgehead atoms. The van der Waals surface area contributed by atoms with Crippen LogP contribution in [0.3, 0.4) is 0 Å². The van der Waals surface area contributed by atoms with Gasteiger partial charge in [-0.1, -0.05) is 5.16 Å². The predicted octanol–water partition coefficient (Wildman–Crippen LogP) is 2.16. The van der Waals surface area contributed by atoms with Gasteiger partial charge in [0.05, 0.1) is 6.61 Å². The SMILES string of the molecule is CCOc1ccc(-c2noc(CCC(=O)N(C)C)n2)cc1. The van der Waals surface area contributed by atoms with E-state index in [9.17, 15) is 4.79 Å². The van der Waals surface area contributed by atoms with Crippen molar-refractivity contribution < 1.29 is 14.1 Å². The van der Waals surface area contributed by atoms with E-state index >= 15 is 0 Å². The summed E-state index contributed by atoms with van der Waals surface area (Å²) in [4.78, 5) is 17.4. The van der Waals surface area contributed by atoms with Crippen LogP contribution in [0.25, 0.3) is 11.4 Å². The highest BCUT2D eigenvalue weighted by atomic mass is 16.5. The predicted molar refractivity (Wildman–Crippen MR) is 77.9 cm³/mol. The summed E-state index contributed by atoms with van der Waals surface area (Å²) in [6.07, 6.45) is 0.805. The fourth-order valence-corrected chi connectivity index (χ4v) is 1.78. The third-order valence-corrected chi connectivity index (χ3v) is 2.94. The minimum absolute atomic E-state index is 0.0378. The Morgan fingerprint density at radius 1 is 1.29 bits per heavy atom. The molecule has 0 fully saturated rings. The molecule has 2 rings (SSSR count). The molecule has 0 aliphatic rings. The Morgan fingerprint density at radius 2 is 2.00 bits per heavy atom. The van der Waals surface area contributed by atoms with Gasteiger partial charge in [0.1, 0.15) is 5.75 Å². The Kier molecular flexibility index (Phi) is 4.92. The zero-order chi connectivity index (χ0) is 15.2. The molecule has 1 amide bonds. The number of benzene rings is 1. The van der Waals surface area contributed by atoms with Gasteiger partial charge in [-0.15, -0.1) is 0 Å². The van der Waals surface area contributed by atoms with Gasteiger partial charge < -0.3 is 14.2 Å². The molecular weight excluding hydrogens is 270 g/mol. The van der Waals surface area contributed by atoms with Crippen LogP contribution in [0.15, 0.2) is 28.8 Å². The topological polar surface area (TPSA) is 68.5 Å². The summed E-state index contributed by atoms with van der Waals surface area (Å²) in [6.45, 7) is 2.57. The van der Waals surface area contributed by atoms with Crippen LogP contribution in [-0.2, 0) is 11.2 Å². The summed E-state index contributed by atoms with van der Waals surface area (Å²) in [6, 6.07) is 7.49.